The summed E-state index contributed by atoms with van der Waals surface area (Å²) >= 11 is 0. The molecular weight excluding hydrogens is 402 g/mol. The van der Waals surface area contributed by atoms with Gasteiger partial charge in [-0.2, -0.15) is 0 Å². The fourth-order valence-electron chi connectivity index (χ4n) is 4.85. The molecule has 0 aliphatic heterocycles. The molecule has 0 spiro atoms. The van der Waals surface area contributed by atoms with Gasteiger partial charge >= 0.3 is 0 Å². The lowest BCUT2D eigenvalue weighted by Crippen LogP contribution is -2.34. The van der Waals surface area contributed by atoms with Crippen molar-refractivity contribution >= 4 is 21.7 Å². The zero-order valence-electron chi connectivity index (χ0n) is 18.1. The van der Waals surface area contributed by atoms with Crippen LogP contribution in [0.5, 0.6) is 0 Å². The SMILES string of the molecule is CC(O)c1ccc(Cc2cc3c(=O)n([C@H]4CCCC[C@@H]4O)cnc3c3ccccc23)cn1. The Kier molecular flexibility index (Phi) is 5.49. The van der Waals surface area contributed by atoms with Gasteiger partial charge in [-0.25, -0.2) is 4.98 Å². The molecule has 5 rings (SSSR count). The summed E-state index contributed by atoms with van der Waals surface area (Å²) < 4.78 is 1.63. The summed E-state index contributed by atoms with van der Waals surface area (Å²) in [5.41, 5.74) is 3.26. The molecule has 1 aliphatic carbocycles. The molecule has 2 aromatic heterocycles. The maximum absolute atomic E-state index is 13.5. The van der Waals surface area contributed by atoms with Crippen LogP contribution in [0.2, 0.25) is 0 Å². The van der Waals surface area contributed by atoms with Crippen LogP contribution in [0.3, 0.4) is 0 Å². The van der Waals surface area contributed by atoms with Crippen LogP contribution in [0.1, 0.15) is 61.6 Å². The van der Waals surface area contributed by atoms with E-state index < -0.39 is 12.2 Å². The molecule has 164 valence electrons. The molecule has 4 aromatic rings. The molecule has 2 N–H and O–H groups in total. The molecule has 0 radical (unpaired) electrons. The van der Waals surface area contributed by atoms with Gasteiger partial charge in [-0.1, -0.05) is 43.2 Å². The van der Waals surface area contributed by atoms with E-state index in [1.54, 1.807) is 24.0 Å². The van der Waals surface area contributed by atoms with E-state index in [9.17, 15) is 15.0 Å². The van der Waals surface area contributed by atoms with Crippen LogP contribution in [-0.2, 0) is 6.42 Å². The number of benzene rings is 2. The summed E-state index contributed by atoms with van der Waals surface area (Å²) in [4.78, 5) is 22.5. The molecule has 1 unspecified atom stereocenters. The molecule has 1 saturated carbocycles. The molecule has 1 fully saturated rings. The van der Waals surface area contributed by atoms with Crippen molar-refractivity contribution in [3.05, 3.63) is 82.2 Å². The molecule has 2 aromatic carbocycles. The van der Waals surface area contributed by atoms with Gasteiger partial charge in [-0.15, -0.1) is 0 Å². The second-order valence-electron chi connectivity index (χ2n) is 8.80. The average Bonchev–Trinajstić information content (AvgIpc) is 2.81. The van der Waals surface area contributed by atoms with Gasteiger partial charge in [0, 0.05) is 11.6 Å². The van der Waals surface area contributed by atoms with Gasteiger partial charge in [0.15, 0.2) is 0 Å². The maximum Gasteiger partial charge on any atom is 0.261 e. The largest absolute Gasteiger partial charge is 0.391 e. The van der Waals surface area contributed by atoms with Crippen molar-refractivity contribution in [1.82, 2.24) is 14.5 Å². The van der Waals surface area contributed by atoms with E-state index in [1.165, 1.54) is 0 Å². The topological polar surface area (TPSA) is 88.2 Å². The lowest BCUT2D eigenvalue weighted by Gasteiger charge is -2.29. The molecule has 6 heteroatoms. The molecule has 2 heterocycles. The first kappa shape index (κ1) is 20.8. The molecule has 6 nitrogen and oxygen atoms in total. The van der Waals surface area contributed by atoms with Crippen LogP contribution in [-0.4, -0.2) is 30.9 Å². The van der Waals surface area contributed by atoms with Gasteiger partial charge in [0.25, 0.3) is 5.56 Å². The lowest BCUT2D eigenvalue weighted by molar-refractivity contribution is 0.0735. The third-order valence-electron chi connectivity index (χ3n) is 6.60. The van der Waals surface area contributed by atoms with Crippen molar-refractivity contribution in [1.29, 1.82) is 0 Å². The second kappa shape index (κ2) is 8.45. The third kappa shape index (κ3) is 3.70. The Morgan fingerprint density at radius 1 is 1.06 bits per heavy atom. The number of rotatable bonds is 4. The number of nitrogens with zero attached hydrogens (tertiary/aromatic N) is 3. The molecule has 0 bridgehead atoms. The first-order chi connectivity index (χ1) is 15.5. The summed E-state index contributed by atoms with van der Waals surface area (Å²) in [5, 5.41) is 22.8. The monoisotopic (exact) mass is 429 g/mol. The normalized spacial score (nSPS) is 20.0. The number of aliphatic hydroxyl groups excluding tert-OH is 2. The van der Waals surface area contributed by atoms with E-state index in [1.807, 2.05) is 36.4 Å². The van der Waals surface area contributed by atoms with E-state index >= 15 is 0 Å². The van der Waals surface area contributed by atoms with Gasteiger partial charge < -0.3 is 10.2 Å². The van der Waals surface area contributed by atoms with E-state index in [-0.39, 0.29) is 11.6 Å². The quantitative estimate of drug-likeness (QED) is 0.478. The van der Waals surface area contributed by atoms with E-state index in [0.717, 1.165) is 41.2 Å². The highest BCUT2D eigenvalue weighted by Crippen LogP contribution is 2.30. The number of fused-ring (bicyclic) bond motifs is 3. The van der Waals surface area contributed by atoms with Crippen molar-refractivity contribution in [3.63, 3.8) is 0 Å². The highest BCUT2D eigenvalue weighted by atomic mass is 16.3. The van der Waals surface area contributed by atoms with Crippen LogP contribution in [0.4, 0.5) is 0 Å². The molecule has 0 saturated heterocycles. The first-order valence-corrected chi connectivity index (χ1v) is 11.3. The van der Waals surface area contributed by atoms with Crippen LogP contribution in [0.15, 0.2) is 59.8 Å². The molecule has 3 atom stereocenters. The summed E-state index contributed by atoms with van der Waals surface area (Å²) in [6.45, 7) is 1.69. The van der Waals surface area contributed by atoms with Gasteiger partial charge in [0.2, 0.25) is 0 Å². The molecule has 1 aliphatic rings. The van der Waals surface area contributed by atoms with Crippen molar-refractivity contribution < 1.29 is 10.2 Å². The maximum atomic E-state index is 13.5. The zero-order chi connectivity index (χ0) is 22.2. The van der Waals surface area contributed by atoms with Gasteiger partial charge in [0.05, 0.1) is 41.2 Å². The van der Waals surface area contributed by atoms with Crippen molar-refractivity contribution in [2.24, 2.45) is 0 Å². The summed E-state index contributed by atoms with van der Waals surface area (Å²) in [6, 6.07) is 13.5. The molecule has 0 amide bonds. The van der Waals surface area contributed by atoms with Crippen molar-refractivity contribution in [2.45, 2.75) is 57.3 Å². The summed E-state index contributed by atoms with van der Waals surface area (Å²) in [5.74, 6) is 0. The predicted octanol–water partition coefficient (Wildman–Crippen LogP) is 4.06. The lowest BCUT2D eigenvalue weighted by atomic mass is 9.92. The fraction of sp³-hybridized carbons (Fsp3) is 0.346. The van der Waals surface area contributed by atoms with E-state index in [2.05, 4.69) is 16.0 Å². The number of pyridine rings is 1. The number of aliphatic hydroxyl groups is 2. The minimum absolute atomic E-state index is 0.101. The zero-order valence-corrected chi connectivity index (χ0v) is 18.1. The Hall–Kier alpha value is -3.09. The Balaban J connectivity index is 1.64. The smallest absolute Gasteiger partial charge is 0.261 e. The van der Waals surface area contributed by atoms with Crippen molar-refractivity contribution in [2.75, 3.05) is 0 Å². The van der Waals surface area contributed by atoms with Gasteiger partial charge in [-0.3, -0.25) is 14.3 Å². The molecule has 32 heavy (non-hydrogen) atoms. The number of hydrogen-bond donors (Lipinski definition) is 2. The average molecular weight is 430 g/mol. The summed E-state index contributed by atoms with van der Waals surface area (Å²) in [7, 11) is 0. The Bertz CT molecular complexity index is 1330. The predicted molar refractivity (Wildman–Crippen MR) is 125 cm³/mol. The van der Waals surface area contributed by atoms with E-state index in [0.29, 0.717) is 29.4 Å². The molecular formula is C26H27N3O3. The van der Waals surface area contributed by atoms with Crippen LogP contribution in [0, 0.1) is 0 Å². The number of hydrogen-bond acceptors (Lipinski definition) is 5. The number of aromatic nitrogens is 3. The minimum Gasteiger partial charge on any atom is -0.391 e. The van der Waals surface area contributed by atoms with Crippen LogP contribution in [0.25, 0.3) is 21.7 Å². The van der Waals surface area contributed by atoms with E-state index in [4.69, 9.17) is 0 Å². The Morgan fingerprint density at radius 3 is 2.56 bits per heavy atom. The first-order valence-electron chi connectivity index (χ1n) is 11.3. The minimum atomic E-state index is -0.606. The fourth-order valence-corrected chi connectivity index (χ4v) is 4.85. The highest BCUT2D eigenvalue weighted by molar-refractivity contribution is 6.06. The third-order valence-corrected chi connectivity index (χ3v) is 6.60. The summed E-state index contributed by atoms with van der Waals surface area (Å²) in [6.07, 6.45) is 6.38. The Labute approximate surface area is 186 Å². The standard InChI is InChI=1S/C26H27N3O3/c1-16(30)22-11-10-17(14-27-22)12-18-13-21-25(20-7-3-2-6-19(18)20)28-15-29(26(21)32)23-8-4-5-9-24(23)31/h2-3,6-7,10-11,13-16,23-24,30-31H,4-5,8-9,12H2,1H3/t16?,23-,24-/m0/s1. The van der Waals surface area contributed by atoms with Crippen molar-refractivity contribution in [3.8, 4) is 0 Å². The highest BCUT2D eigenvalue weighted by Gasteiger charge is 2.26. The van der Waals surface area contributed by atoms with Crippen LogP contribution >= 0.6 is 0 Å². The Morgan fingerprint density at radius 2 is 1.84 bits per heavy atom. The van der Waals surface area contributed by atoms with Gasteiger partial charge in [0.1, 0.15) is 0 Å². The van der Waals surface area contributed by atoms with Gasteiger partial charge in [-0.05, 0) is 54.8 Å². The second-order valence-corrected chi connectivity index (χ2v) is 8.80. The van der Waals surface area contributed by atoms with Crippen LogP contribution < -0.4 is 5.56 Å².